The Morgan fingerprint density at radius 1 is 0.393 bits per heavy atom. The van der Waals surface area contributed by atoms with Crippen LogP contribution in [0, 0.1) is 0 Å². The van der Waals surface area contributed by atoms with Crippen LogP contribution < -0.4 is 0 Å². The first-order chi connectivity index (χ1) is 28.6. The van der Waals surface area contributed by atoms with Crippen molar-refractivity contribution in [2.45, 2.75) is 17.8 Å². The Morgan fingerprint density at radius 2 is 0.656 bits per heavy atom. The number of benzene rings is 4. The van der Waals surface area contributed by atoms with E-state index in [0.717, 1.165) is 0 Å². The van der Waals surface area contributed by atoms with E-state index in [-0.39, 0.29) is 58.7 Å². The normalized spacial score (nSPS) is 15.1. The van der Waals surface area contributed by atoms with Crippen LogP contribution in [0.15, 0.2) is 72.8 Å². The second-order valence-corrected chi connectivity index (χ2v) is 12.8. The molecule has 4 aromatic carbocycles. The number of ether oxygens (including phenoxy) is 6. The van der Waals surface area contributed by atoms with Gasteiger partial charge in [0.25, 0.3) is 0 Å². The summed E-state index contributed by atoms with van der Waals surface area (Å²) in [6, 6.07) is 10.1. The van der Waals surface area contributed by atoms with E-state index in [0.29, 0.717) is 24.3 Å². The van der Waals surface area contributed by atoms with Gasteiger partial charge in [0.1, 0.15) is 13.2 Å². The third-order valence-corrected chi connectivity index (χ3v) is 9.32. The van der Waals surface area contributed by atoms with Gasteiger partial charge in [0.15, 0.2) is 0 Å². The average Bonchev–Trinajstić information content (AvgIpc) is 3.86. The first-order valence-corrected chi connectivity index (χ1v) is 16.7. The topological polar surface area (TPSA) is 226 Å². The minimum Gasteiger partial charge on any atom is -0.458 e. The quantitative estimate of drug-likeness (QED) is 0.0780. The molecule has 16 nitrogen and oxygen atoms in total. The summed E-state index contributed by atoms with van der Waals surface area (Å²) in [6.45, 7) is -0.562. The molecule has 22 heteroatoms. The van der Waals surface area contributed by atoms with Crippen molar-refractivity contribution in [3.8, 4) is 0 Å². The summed E-state index contributed by atoms with van der Waals surface area (Å²) in [7, 11) is 0. The first kappa shape index (κ1) is 41.1. The zero-order valence-electron chi connectivity index (χ0n) is 29.6. The molecule has 0 bridgehead atoms. The van der Waals surface area contributed by atoms with Crippen molar-refractivity contribution in [1.29, 1.82) is 0 Å². The maximum atomic E-state index is 14.2. The number of carbonyl (C=O) groups is 10. The highest BCUT2D eigenvalue weighted by Crippen LogP contribution is 2.57. The fraction of sp³-hybridized carbons (Fsp3) is 0.128. The molecule has 8 rings (SSSR count). The lowest BCUT2D eigenvalue weighted by Gasteiger charge is -2.38. The molecule has 0 unspecified atom stereocenters. The Labute approximate surface area is 332 Å². The number of fused-ring (bicyclic) bond motifs is 4. The SMILES string of the molecule is O=C(OCCOC(=O)c1ccc2c(c1)C(=O)OC2=O)c1ccc2c(c1)C(=O)OC2=O.O=C1OC(=O)c2cc(C(c3ccc4c(c3)C(=O)OC4=O)(C(F)(F)F)C(F)(F)F)ccc21. The number of alkyl halides is 6. The lowest BCUT2D eigenvalue weighted by molar-refractivity contribution is -0.288. The van der Waals surface area contributed by atoms with Crippen molar-refractivity contribution in [2.24, 2.45) is 0 Å². The van der Waals surface area contributed by atoms with Gasteiger partial charge in [0.2, 0.25) is 5.41 Å². The molecule has 4 aromatic rings. The predicted molar refractivity (Wildman–Crippen MR) is 178 cm³/mol. The fourth-order valence-corrected chi connectivity index (χ4v) is 6.48. The first-order valence-electron chi connectivity index (χ1n) is 16.7. The van der Waals surface area contributed by atoms with Gasteiger partial charge >= 0.3 is 72.0 Å². The Balaban J connectivity index is 0.000000184. The van der Waals surface area contributed by atoms with Crippen molar-refractivity contribution < 1.29 is 103 Å². The number of carbonyl (C=O) groups excluding carboxylic acids is 10. The molecule has 4 aliphatic heterocycles. The number of cyclic esters (lactones) is 8. The van der Waals surface area contributed by atoms with E-state index in [2.05, 4.69) is 18.9 Å². The van der Waals surface area contributed by atoms with E-state index in [1.807, 2.05) is 0 Å². The number of hydrogen-bond acceptors (Lipinski definition) is 16. The van der Waals surface area contributed by atoms with Crippen LogP contribution in [0.1, 0.15) is 115 Å². The lowest BCUT2D eigenvalue weighted by Crippen LogP contribution is -2.55. The van der Waals surface area contributed by atoms with Gasteiger partial charge in [0, 0.05) is 0 Å². The summed E-state index contributed by atoms with van der Waals surface area (Å²) in [5.74, 6) is -10.1. The van der Waals surface area contributed by atoms with E-state index in [9.17, 15) is 74.3 Å². The summed E-state index contributed by atoms with van der Waals surface area (Å²) in [4.78, 5) is 116. The summed E-state index contributed by atoms with van der Waals surface area (Å²) in [6.07, 6.45) is -12.0. The van der Waals surface area contributed by atoms with Crippen LogP contribution in [0.2, 0.25) is 0 Å². The predicted octanol–water partition coefficient (Wildman–Crippen LogP) is 5.04. The molecule has 0 aromatic heterocycles. The monoisotopic (exact) mass is 854 g/mol. The molecule has 310 valence electrons. The van der Waals surface area contributed by atoms with Gasteiger partial charge in [0.05, 0.1) is 55.6 Å². The molecule has 0 radical (unpaired) electrons. The summed E-state index contributed by atoms with van der Waals surface area (Å²) in [5, 5.41) is 0. The molecular formula is C39H16F6O16. The highest BCUT2D eigenvalue weighted by molar-refractivity contribution is 6.17. The molecule has 0 spiro atoms. The van der Waals surface area contributed by atoms with Crippen LogP contribution in [0.3, 0.4) is 0 Å². The van der Waals surface area contributed by atoms with Gasteiger partial charge in [-0.3, -0.25) is 0 Å². The largest absolute Gasteiger partial charge is 0.458 e. The van der Waals surface area contributed by atoms with Crippen molar-refractivity contribution >= 4 is 59.7 Å². The molecule has 0 fully saturated rings. The number of halogens is 6. The Kier molecular flexibility index (Phi) is 9.88. The third-order valence-electron chi connectivity index (χ3n) is 9.32. The van der Waals surface area contributed by atoms with Crippen molar-refractivity contribution in [2.75, 3.05) is 13.2 Å². The van der Waals surface area contributed by atoms with E-state index in [1.54, 1.807) is 0 Å². The molecule has 0 atom stereocenters. The third kappa shape index (κ3) is 6.91. The smallest absolute Gasteiger partial charge is 0.411 e. The summed E-state index contributed by atoms with van der Waals surface area (Å²) < 4.78 is 113. The fourth-order valence-electron chi connectivity index (χ4n) is 6.48. The van der Waals surface area contributed by atoms with E-state index >= 15 is 0 Å². The molecule has 0 aliphatic carbocycles. The molecule has 0 saturated carbocycles. The van der Waals surface area contributed by atoms with Gasteiger partial charge in [-0.25, -0.2) is 47.9 Å². The summed E-state index contributed by atoms with van der Waals surface area (Å²) in [5.41, 5.74) is -9.99. The lowest BCUT2D eigenvalue weighted by atomic mass is 9.71. The van der Waals surface area contributed by atoms with Gasteiger partial charge in [-0.15, -0.1) is 0 Å². The van der Waals surface area contributed by atoms with Crippen LogP contribution >= 0.6 is 0 Å². The molecule has 4 heterocycles. The van der Waals surface area contributed by atoms with Gasteiger partial charge in [-0.05, 0) is 71.8 Å². The van der Waals surface area contributed by atoms with Crippen molar-refractivity contribution in [3.63, 3.8) is 0 Å². The Hall–Kier alpha value is -8.04. The molecule has 61 heavy (non-hydrogen) atoms. The van der Waals surface area contributed by atoms with E-state index < -0.39 is 111 Å². The highest BCUT2D eigenvalue weighted by Gasteiger charge is 2.73. The van der Waals surface area contributed by atoms with Gasteiger partial charge in [-0.2, -0.15) is 26.3 Å². The maximum Gasteiger partial charge on any atom is 0.411 e. The average molecular weight is 855 g/mol. The Bertz CT molecular complexity index is 2550. The number of esters is 10. The van der Waals surface area contributed by atoms with Gasteiger partial charge < -0.3 is 28.4 Å². The molecular weight excluding hydrogens is 838 g/mol. The molecule has 0 N–H and O–H groups in total. The standard InChI is InChI=1S/C20H10O10.C19H6F6O6/c21-15(9-1-3-11-13(7-9)19(25)29-17(11)23)27-5-6-28-16(22)10-2-4-12-14(8-10)20(26)30-18(12)24;20-18(21,22)17(19(23,24)25,7-1-3-9-11(5-7)15(28)30-13(9)26)8-2-4-10-12(6-8)16(29)31-14(10)27/h1-4,7-8H,5-6H2;1-6H. The van der Waals surface area contributed by atoms with E-state index in [1.165, 1.54) is 36.4 Å². The number of rotatable bonds is 7. The maximum absolute atomic E-state index is 14.2. The minimum absolute atomic E-state index is 0.0218. The highest BCUT2D eigenvalue weighted by atomic mass is 19.4. The minimum atomic E-state index is -6.02. The van der Waals surface area contributed by atoms with E-state index in [4.69, 9.17) is 9.47 Å². The van der Waals surface area contributed by atoms with Crippen molar-refractivity contribution in [1.82, 2.24) is 0 Å². The molecule has 0 amide bonds. The van der Waals surface area contributed by atoms with Crippen LogP contribution in [0.4, 0.5) is 26.3 Å². The second kappa shape index (κ2) is 14.7. The number of hydrogen-bond donors (Lipinski definition) is 0. The summed E-state index contributed by atoms with van der Waals surface area (Å²) >= 11 is 0. The Morgan fingerprint density at radius 3 is 0.951 bits per heavy atom. The van der Waals surface area contributed by atoms with Crippen molar-refractivity contribution in [3.05, 3.63) is 140 Å². The van der Waals surface area contributed by atoms with Crippen LogP contribution in [-0.4, -0.2) is 85.3 Å². The second-order valence-electron chi connectivity index (χ2n) is 12.8. The molecule has 0 saturated heterocycles. The molecule has 4 aliphatic rings. The zero-order chi connectivity index (χ0) is 44.3. The van der Waals surface area contributed by atoms with Gasteiger partial charge in [-0.1, -0.05) is 12.1 Å². The van der Waals surface area contributed by atoms with Crippen LogP contribution in [0.25, 0.3) is 0 Å². The zero-order valence-corrected chi connectivity index (χ0v) is 29.6. The van der Waals surface area contributed by atoms with Crippen LogP contribution in [-0.2, 0) is 33.8 Å². The van der Waals surface area contributed by atoms with Crippen LogP contribution in [0.5, 0.6) is 0 Å².